The molecular formula is C65H120. The summed E-state index contributed by atoms with van der Waals surface area (Å²) in [4.78, 5) is 0. The molecule has 0 aromatic heterocycles. The van der Waals surface area contributed by atoms with Crippen LogP contribution in [0.15, 0.2) is 24.3 Å². The highest BCUT2D eigenvalue weighted by Gasteiger charge is 2.39. The Hall–Kier alpha value is -0.780. The topological polar surface area (TPSA) is 0 Å². The molecule has 10 atom stereocenters. The number of rotatable bonds is 10. The van der Waals surface area contributed by atoms with Gasteiger partial charge in [-0.1, -0.05) is 250 Å². The third-order valence-electron chi connectivity index (χ3n) is 19.8. The summed E-state index contributed by atoms with van der Waals surface area (Å²) < 4.78 is 0. The van der Waals surface area contributed by atoms with Gasteiger partial charge in [0.05, 0.1) is 0 Å². The van der Waals surface area contributed by atoms with E-state index in [2.05, 4.69) is 128 Å². The lowest BCUT2D eigenvalue weighted by Crippen LogP contribution is -2.35. The Morgan fingerprint density at radius 3 is 1.23 bits per heavy atom. The van der Waals surface area contributed by atoms with Crippen LogP contribution < -0.4 is 0 Å². The van der Waals surface area contributed by atoms with Crippen LogP contribution in [0.5, 0.6) is 0 Å². The molecule has 380 valence electrons. The zero-order chi connectivity index (χ0) is 48.0. The van der Waals surface area contributed by atoms with E-state index in [1.807, 2.05) is 0 Å². The number of aryl methyl sites for hydroxylation is 2. The van der Waals surface area contributed by atoms with E-state index in [1.165, 1.54) is 172 Å². The van der Waals surface area contributed by atoms with Gasteiger partial charge in [0.2, 0.25) is 0 Å². The first-order chi connectivity index (χ1) is 30.9. The molecule has 0 radical (unpaired) electrons. The minimum Gasteiger partial charge on any atom is -0.0651 e. The molecule has 0 spiro atoms. The first-order valence-corrected chi connectivity index (χ1v) is 30.0. The van der Waals surface area contributed by atoms with Gasteiger partial charge in [0, 0.05) is 0 Å². The molecule has 0 heterocycles. The highest BCUT2D eigenvalue weighted by molar-refractivity contribution is 5.23. The average Bonchev–Trinajstić information content (AvgIpc) is 3.30. The van der Waals surface area contributed by atoms with Crippen LogP contribution >= 0.6 is 0 Å². The SMILES string of the molecule is CC1CCC(CC2CCC(C)C(C)C2)CC1C.CC1CCC(CC2CCC(C)CC2)CC1.CCC1CC(C)(C)CC(C)(CC)C1.CCC1CCCC(CC)C1.CCc1cccc(CC)c1. The van der Waals surface area contributed by atoms with E-state index in [-0.39, 0.29) is 0 Å². The lowest BCUT2D eigenvalue weighted by molar-refractivity contribution is 0.0496. The van der Waals surface area contributed by atoms with Gasteiger partial charge in [0.15, 0.2) is 0 Å². The Balaban J connectivity index is 0.000000219. The molecule has 10 unspecified atom stereocenters. The van der Waals surface area contributed by atoms with E-state index >= 15 is 0 Å². The maximum absolute atomic E-state index is 2.48. The van der Waals surface area contributed by atoms with Crippen LogP contribution in [-0.4, -0.2) is 0 Å². The summed E-state index contributed by atoms with van der Waals surface area (Å²) in [5, 5.41) is 0. The van der Waals surface area contributed by atoms with Gasteiger partial charge in [-0.2, -0.15) is 0 Å². The number of hydrogen-bond acceptors (Lipinski definition) is 0. The van der Waals surface area contributed by atoms with Crippen molar-refractivity contribution in [2.24, 2.45) is 87.8 Å². The van der Waals surface area contributed by atoms with E-state index in [4.69, 9.17) is 0 Å². The van der Waals surface area contributed by atoms with Gasteiger partial charge in [-0.25, -0.2) is 0 Å². The monoisotopic (exact) mass is 901 g/mol. The van der Waals surface area contributed by atoms with Gasteiger partial charge in [0.25, 0.3) is 0 Å². The van der Waals surface area contributed by atoms with Gasteiger partial charge in [-0.05, 0) is 163 Å². The lowest BCUT2D eigenvalue weighted by Gasteiger charge is -2.46. The molecule has 6 fully saturated rings. The molecule has 6 saturated carbocycles. The van der Waals surface area contributed by atoms with Crippen LogP contribution in [0.2, 0.25) is 0 Å². The van der Waals surface area contributed by atoms with Crippen molar-refractivity contribution in [2.75, 3.05) is 0 Å². The lowest BCUT2D eigenvalue weighted by atomic mass is 9.59. The first-order valence-electron chi connectivity index (χ1n) is 30.0. The summed E-state index contributed by atoms with van der Waals surface area (Å²) in [6, 6.07) is 8.77. The smallest absolute Gasteiger partial charge is 0.0307 e. The Morgan fingerprint density at radius 1 is 0.431 bits per heavy atom. The largest absolute Gasteiger partial charge is 0.0651 e. The van der Waals surface area contributed by atoms with E-state index in [1.54, 1.807) is 12.8 Å². The predicted molar refractivity (Wildman–Crippen MR) is 294 cm³/mol. The second-order valence-electron chi connectivity index (χ2n) is 26.4. The van der Waals surface area contributed by atoms with Gasteiger partial charge >= 0.3 is 0 Å². The number of hydrogen-bond donors (Lipinski definition) is 0. The van der Waals surface area contributed by atoms with Crippen LogP contribution in [0.25, 0.3) is 0 Å². The summed E-state index contributed by atoms with van der Waals surface area (Å²) in [6.07, 6.45) is 42.5. The summed E-state index contributed by atoms with van der Waals surface area (Å²) in [5.41, 5.74) is 4.10. The molecule has 65 heavy (non-hydrogen) atoms. The van der Waals surface area contributed by atoms with E-state index in [0.29, 0.717) is 10.8 Å². The molecule has 0 N–H and O–H groups in total. The fraction of sp³-hybridized carbons (Fsp3) is 0.908. The normalized spacial score (nSPS) is 37.0. The molecule has 6 aliphatic rings. The van der Waals surface area contributed by atoms with Gasteiger partial charge in [-0.3, -0.25) is 0 Å². The second kappa shape index (κ2) is 30.7. The van der Waals surface area contributed by atoms with E-state index in [0.717, 1.165) is 89.8 Å². The van der Waals surface area contributed by atoms with Crippen molar-refractivity contribution in [3.8, 4) is 0 Å². The van der Waals surface area contributed by atoms with Crippen molar-refractivity contribution < 1.29 is 0 Å². The molecule has 1 aromatic carbocycles. The van der Waals surface area contributed by atoms with Gasteiger partial charge < -0.3 is 0 Å². The van der Waals surface area contributed by atoms with Crippen LogP contribution in [0, 0.1) is 87.8 Å². The highest BCUT2D eigenvalue weighted by Crippen LogP contribution is 2.51. The maximum atomic E-state index is 2.48. The van der Waals surface area contributed by atoms with Gasteiger partial charge in [0.1, 0.15) is 0 Å². The van der Waals surface area contributed by atoms with Crippen LogP contribution in [0.1, 0.15) is 288 Å². The molecule has 1 aromatic rings. The maximum Gasteiger partial charge on any atom is -0.0307 e. The third-order valence-corrected chi connectivity index (χ3v) is 19.8. The standard InChI is InChI=1S/C17H32.C15H28.C13H26.C10H20.C10H14/c1-12-5-7-16(9-14(12)3)11-17-8-6-13(2)15(4)10-17;1-12-3-7-14(8-4-12)11-15-9-5-13(2)6-10-15;1-6-11-8-12(3,4)10-13(5,7-2)9-11;2*1-3-9-6-5-7-10(4-2)8-9/h12-17H,5-11H2,1-4H3;12-15H,3-11H2,1-2H3;11H,6-10H2,1-5H3;9-10H,3-8H2,1-2H3;5-8H,3-4H2,1-2H3. The highest BCUT2D eigenvalue weighted by atomic mass is 14.4. The van der Waals surface area contributed by atoms with E-state index in [9.17, 15) is 0 Å². The molecule has 0 nitrogen and oxygen atoms in total. The number of benzene rings is 1. The molecule has 7 rings (SSSR count). The molecule has 0 amide bonds. The van der Waals surface area contributed by atoms with E-state index < -0.39 is 0 Å². The van der Waals surface area contributed by atoms with Gasteiger partial charge in [-0.15, -0.1) is 0 Å². The fourth-order valence-corrected chi connectivity index (χ4v) is 14.4. The Morgan fingerprint density at radius 2 is 0.846 bits per heavy atom. The minimum absolute atomic E-state index is 0.587. The zero-order valence-electron chi connectivity index (χ0n) is 47.3. The third kappa shape index (κ3) is 22.7. The quantitative estimate of drug-likeness (QED) is 0.219. The summed E-state index contributed by atoms with van der Waals surface area (Å²) in [7, 11) is 0. The summed E-state index contributed by atoms with van der Waals surface area (Å²) in [5.74, 6) is 13.4. The minimum atomic E-state index is 0.587. The first kappa shape index (κ1) is 58.5. The summed E-state index contributed by atoms with van der Waals surface area (Å²) >= 11 is 0. The average molecular weight is 902 g/mol. The molecule has 0 aliphatic heterocycles. The zero-order valence-corrected chi connectivity index (χ0v) is 47.3. The van der Waals surface area contributed by atoms with Crippen LogP contribution in [0.4, 0.5) is 0 Å². The summed E-state index contributed by atoms with van der Waals surface area (Å²) in [6.45, 7) is 35.8. The van der Waals surface area contributed by atoms with Crippen LogP contribution in [-0.2, 0) is 12.8 Å². The van der Waals surface area contributed by atoms with Crippen molar-refractivity contribution >= 4 is 0 Å². The van der Waals surface area contributed by atoms with Crippen LogP contribution in [0.3, 0.4) is 0 Å². The molecule has 6 aliphatic carbocycles. The van der Waals surface area contributed by atoms with Crippen molar-refractivity contribution in [2.45, 2.75) is 290 Å². The van der Waals surface area contributed by atoms with Crippen molar-refractivity contribution in [1.82, 2.24) is 0 Å². The molecule has 0 saturated heterocycles. The second-order valence-corrected chi connectivity index (χ2v) is 26.4. The van der Waals surface area contributed by atoms with Crippen molar-refractivity contribution in [3.05, 3.63) is 35.4 Å². The van der Waals surface area contributed by atoms with Crippen molar-refractivity contribution in [3.63, 3.8) is 0 Å². The molecule has 0 heteroatoms. The molecule has 0 bridgehead atoms. The van der Waals surface area contributed by atoms with Crippen molar-refractivity contribution in [1.29, 1.82) is 0 Å². The fourth-order valence-electron chi connectivity index (χ4n) is 14.4. The predicted octanol–water partition coefficient (Wildman–Crippen LogP) is 21.6. The molecular weight excluding hydrogens is 781 g/mol. The Labute approximate surface area is 411 Å². The Kier molecular flexibility index (Phi) is 27.7. The Bertz CT molecular complexity index is 1250.